The molecule has 2 aliphatic heterocycles. The molecule has 1 fully saturated rings. The van der Waals surface area contributed by atoms with Crippen molar-refractivity contribution in [3.63, 3.8) is 0 Å². The van der Waals surface area contributed by atoms with Gasteiger partial charge in [-0.2, -0.15) is 0 Å². The second-order valence-electron chi connectivity index (χ2n) is 6.54. The van der Waals surface area contributed by atoms with Gasteiger partial charge in [0, 0.05) is 30.4 Å². The van der Waals surface area contributed by atoms with E-state index in [1.165, 1.54) is 36.3 Å². The largest absolute Gasteiger partial charge is 0.381 e. The summed E-state index contributed by atoms with van der Waals surface area (Å²) in [5.41, 5.74) is 2.03. The molecule has 1 aromatic rings. The predicted molar refractivity (Wildman–Crippen MR) is 90.2 cm³/mol. The second kappa shape index (κ2) is 7.17. The van der Waals surface area contributed by atoms with Crippen molar-refractivity contribution in [2.45, 2.75) is 43.4 Å². The van der Waals surface area contributed by atoms with E-state index in [1.807, 2.05) is 11.8 Å². The van der Waals surface area contributed by atoms with Crippen LogP contribution in [-0.2, 0) is 4.74 Å². The first kappa shape index (κ1) is 15.4. The van der Waals surface area contributed by atoms with Crippen molar-refractivity contribution in [2.24, 2.45) is 5.41 Å². The number of nitrogens with one attached hydrogen (secondary N) is 1. The third-order valence-corrected chi connectivity index (χ3v) is 6.21. The molecule has 3 rings (SSSR count). The Morgan fingerprint density at radius 2 is 2.10 bits per heavy atom. The van der Waals surface area contributed by atoms with Crippen LogP contribution in [0.25, 0.3) is 0 Å². The van der Waals surface area contributed by atoms with Crippen molar-refractivity contribution in [3.05, 3.63) is 29.8 Å². The highest BCUT2D eigenvalue weighted by Gasteiger charge is 2.37. The van der Waals surface area contributed by atoms with E-state index in [0.717, 1.165) is 32.2 Å². The fourth-order valence-corrected chi connectivity index (χ4v) is 4.96. The average molecular weight is 305 g/mol. The maximum Gasteiger partial charge on any atom is 0.0471 e. The summed E-state index contributed by atoms with van der Waals surface area (Å²) in [6, 6.07) is 8.99. The maximum absolute atomic E-state index is 5.63. The van der Waals surface area contributed by atoms with E-state index in [9.17, 15) is 0 Å². The number of fused-ring (bicyclic) bond motifs is 1. The second-order valence-corrected chi connectivity index (χ2v) is 7.60. The van der Waals surface area contributed by atoms with Crippen LogP contribution in [-0.4, -0.2) is 32.1 Å². The third-order valence-electron chi connectivity index (χ3n) is 4.96. The first-order valence-corrected chi connectivity index (χ1v) is 9.32. The minimum absolute atomic E-state index is 0.441. The molecule has 0 bridgehead atoms. The molecule has 0 saturated carbocycles. The molecule has 0 aromatic heterocycles. The SMILES string of the molecule is CCCNCC1(CC2CSc3ccccc32)CCOCC1. The van der Waals surface area contributed by atoms with Crippen LogP contribution in [0.3, 0.4) is 0 Å². The Balaban J connectivity index is 1.70. The Morgan fingerprint density at radius 1 is 1.29 bits per heavy atom. The lowest BCUT2D eigenvalue weighted by Gasteiger charge is -2.39. The lowest BCUT2D eigenvalue weighted by Crippen LogP contribution is -2.40. The lowest BCUT2D eigenvalue weighted by atomic mass is 9.72. The van der Waals surface area contributed by atoms with Gasteiger partial charge in [0.2, 0.25) is 0 Å². The van der Waals surface area contributed by atoms with Gasteiger partial charge in [-0.1, -0.05) is 25.1 Å². The minimum Gasteiger partial charge on any atom is -0.381 e. The van der Waals surface area contributed by atoms with E-state index in [4.69, 9.17) is 4.74 Å². The van der Waals surface area contributed by atoms with Crippen molar-refractivity contribution < 1.29 is 4.74 Å². The van der Waals surface area contributed by atoms with Crippen LogP contribution >= 0.6 is 11.8 Å². The Morgan fingerprint density at radius 3 is 2.90 bits per heavy atom. The highest BCUT2D eigenvalue weighted by atomic mass is 32.2. The summed E-state index contributed by atoms with van der Waals surface area (Å²) in [7, 11) is 0. The normalized spacial score (nSPS) is 24.0. The number of rotatable bonds is 6. The van der Waals surface area contributed by atoms with Gasteiger partial charge in [0.25, 0.3) is 0 Å². The molecule has 1 aromatic carbocycles. The summed E-state index contributed by atoms with van der Waals surface area (Å²) in [4.78, 5) is 1.51. The summed E-state index contributed by atoms with van der Waals surface area (Å²) < 4.78 is 5.63. The molecule has 0 amide bonds. The molecule has 21 heavy (non-hydrogen) atoms. The molecule has 2 aliphatic rings. The van der Waals surface area contributed by atoms with E-state index >= 15 is 0 Å². The molecule has 1 unspecified atom stereocenters. The van der Waals surface area contributed by atoms with Crippen molar-refractivity contribution in [1.29, 1.82) is 0 Å². The van der Waals surface area contributed by atoms with E-state index in [0.29, 0.717) is 5.41 Å². The molecule has 1 N–H and O–H groups in total. The van der Waals surface area contributed by atoms with Crippen LogP contribution in [0.15, 0.2) is 29.2 Å². The number of hydrogen-bond acceptors (Lipinski definition) is 3. The molecule has 0 spiro atoms. The molecule has 0 aliphatic carbocycles. The van der Waals surface area contributed by atoms with E-state index in [2.05, 4.69) is 36.5 Å². The molecule has 3 heteroatoms. The van der Waals surface area contributed by atoms with Crippen LogP contribution in [0.4, 0.5) is 0 Å². The van der Waals surface area contributed by atoms with Gasteiger partial charge >= 0.3 is 0 Å². The zero-order valence-electron chi connectivity index (χ0n) is 13.1. The number of thioether (sulfide) groups is 1. The Bertz CT molecular complexity index is 456. The first-order chi connectivity index (χ1) is 10.3. The van der Waals surface area contributed by atoms with Crippen molar-refractivity contribution in [3.8, 4) is 0 Å². The molecule has 1 atom stereocenters. The van der Waals surface area contributed by atoms with E-state index < -0.39 is 0 Å². The molecule has 2 nitrogen and oxygen atoms in total. The number of hydrogen-bond donors (Lipinski definition) is 1. The lowest BCUT2D eigenvalue weighted by molar-refractivity contribution is 0.00790. The molecule has 1 saturated heterocycles. The average Bonchev–Trinajstić information content (AvgIpc) is 2.92. The van der Waals surface area contributed by atoms with Crippen LogP contribution in [0.1, 0.15) is 44.1 Å². The Labute approximate surface area is 133 Å². The van der Waals surface area contributed by atoms with Gasteiger partial charge in [0.15, 0.2) is 0 Å². The highest BCUT2D eigenvalue weighted by molar-refractivity contribution is 7.99. The summed E-state index contributed by atoms with van der Waals surface area (Å²) in [6.45, 7) is 6.42. The van der Waals surface area contributed by atoms with Gasteiger partial charge < -0.3 is 10.1 Å². The summed E-state index contributed by atoms with van der Waals surface area (Å²) in [5, 5.41) is 3.68. The summed E-state index contributed by atoms with van der Waals surface area (Å²) >= 11 is 2.04. The van der Waals surface area contributed by atoms with Gasteiger partial charge in [-0.3, -0.25) is 0 Å². The fourth-order valence-electron chi connectivity index (χ4n) is 3.71. The zero-order valence-corrected chi connectivity index (χ0v) is 13.9. The maximum atomic E-state index is 5.63. The highest BCUT2D eigenvalue weighted by Crippen LogP contribution is 2.47. The zero-order chi connectivity index (χ0) is 14.5. The predicted octanol–water partition coefficient (Wildman–Crippen LogP) is 4.06. The topological polar surface area (TPSA) is 21.3 Å². The molecular formula is C18H27NOS. The van der Waals surface area contributed by atoms with Gasteiger partial charge in [0.1, 0.15) is 0 Å². The van der Waals surface area contributed by atoms with Crippen LogP contribution < -0.4 is 5.32 Å². The van der Waals surface area contributed by atoms with Gasteiger partial charge in [-0.05, 0) is 55.2 Å². The smallest absolute Gasteiger partial charge is 0.0471 e. The van der Waals surface area contributed by atoms with Gasteiger partial charge in [-0.25, -0.2) is 0 Å². The van der Waals surface area contributed by atoms with Crippen LogP contribution in [0, 0.1) is 5.41 Å². The molecule has 0 radical (unpaired) electrons. The van der Waals surface area contributed by atoms with Crippen molar-refractivity contribution in [2.75, 3.05) is 32.1 Å². The van der Waals surface area contributed by atoms with E-state index in [1.54, 1.807) is 5.56 Å². The molecule has 2 heterocycles. The summed E-state index contributed by atoms with van der Waals surface area (Å²) in [6.07, 6.45) is 4.96. The van der Waals surface area contributed by atoms with Crippen molar-refractivity contribution >= 4 is 11.8 Å². The third kappa shape index (κ3) is 3.64. The van der Waals surface area contributed by atoms with Crippen molar-refractivity contribution in [1.82, 2.24) is 5.32 Å². The Kier molecular flexibility index (Phi) is 5.25. The number of benzene rings is 1. The number of ether oxygens (including phenoxy) is 1. The fraction of sp³-hybridized carbons (Fsp3) is 0.667. The first-order valence-electron chi connectivity index (χ1n) is 8.33. The van der Waals surface area contributed by atoms with Gasteiger partial charge in [0.05, 0.1) is 0 Å². The quantitative estimate of drug-likeness (QED) is 0.801. The standard InChI is InChI=1S/C18H27NOS/c1-2-9-19-14-18(7-10-20-11-8-18)12-15-13-21-17-6-4-3-5-16(15)17/h3-6,15,19H,2,7-14H2,1H3. The summed E-state index contributed by atoms with van der Waals surface area (Å²) in [5.74, 6) is 1.99. The molecular weight excluding hydrogens is 278 g/mol. The monoisotopic (exact) mass is 305 g/mol. The minimum atomic E-state index is 0.441. The molecule has 116 valence electrons. The van der Waals surface area contributed by atoms with E-state index in [-0.39, 0.29) is 0 Å². The van der Waals surface area contributed by atoms with Crippen LogP contribution in [0.2, 0.25) is 0 Å². The van der Waals surface area contributed by atoms with Gasteiger partial charge in [-0.15, -0.1) is 11.8 Å². The Hall–Kier alpha value is -0.510. The van der Waals surface area contributed by atoms with Crippen LogP contribution in [0.5, 0.6) is 0 Å².